The molecule has 16 nitrogen and oxygen atoms in total. The van der Waals surface area contributed by atoms with Gasteiger partial charge in [-0.15, -0.1) is 0 Å². The molecular formula is C71H130O16P2. The van der Waals surface area contributed by atoms with Crippen LogP contribution in [-0.2, 0) is 55.8 Å². The van der Waals surface area contributed by atoms with Gasteiger partial charge in [0.15, 0.2) is 6.10 Å². The summed E-state index contributed by atoms with van der Waals surface area (Å²) in [4.78, 5) is 58.3. The average Bonchev–Trinajstić information content (AvgIpc) is 3.55. The number of carbonyl (C=O) groups excluding carboxylic acids is 3. The molecule has 0 radical (unpaired) electrons. The summed E-state index contributed by atoms with van der Waals surface area (Å²) in [7, 11) is -9.75. The van der Waals surface area contributed by atoms with Crippen LogP contribution < -0.4 is 0 Å². The Balaban J connectivity index is 4.44. The van der Waals surface area contributed by atoms with Gasteiger partial charge < -0.3 is 34.2 Å². The number of phosphoric ester groups is 2. The van der Waals surface area contributed by atoms with E-state index >= 15 is 0 Å². The van der Waals surface area contributed by atoms with Crippen LogP contribution in [0.2, 0.25) is 0 Å². The quantitative estimate of drug-likeness (QED) is 0.0146. The molecule has 520 valence electrons. The van der Waals surface area contributed by atoms with E-state index in [1.807, 2.05) is 0 Å². The lowest BCUT2D eigenvalue weighted by Gasteiger charge is -2.21. The number of hydrogen-bond acceptors (Lipinski definition) is 14. The van der Waals surface area contributed by atoms with Crippen molar-refractivity contribution >= 4 is 33.6 Å². The van der Waals surface area contributed by atoms with Gasteiger partial charge in [0, 0.05) is 19.3 Å². The number of hydrogen-bond donors (Lipinski definition) is 4. The van der Waals surface area contributed by atoms with Crippen LogP contribution in [0.4, 0.5) is 0 Å². The van der Waals surface area contributed by atoms with Gasteiger partial charge >= 0.3 is 33.6 Å². The van der Waals surface area contributed by atoms with Crippen molar-refractivity contribution < 1.29 is 75.8 Å². The Kier molecular flexibility index (Phi) is 63.3. The molecule has 0 saturated carbocycles. The minimum Gasteiger partial charge on any atom is -0.463 e. The summed E-state index contributed by atoms with van der Waals surface area (Å²) in [6.45, 7) is 2.60. The van der Waals surface area contributed by atoms with Crippen molar-refractivity contribution in [2.24, 2.45) is 0 Å². The van der Waals surface area contributed by atoms with E-state index in [-0.39, 0.29) is 19.3 Å². The van der Waals surface area contributed by atoms with E-state index in [0.717, 1.165) is 103 Å². The molecule has 4 N–H and O–H groups in total. The normalized spacial score (nSPS) is 14.6. The van der Waals surface area contributed by atoms with Crippen molar-refractivity contribution in [3.63, 3.8) is 0 Å². The van der Waals surface area contributed by atoms with Crippen LogP contribution >= 0.6 is 15.6 Å². The number of esters is 3. The number of phosphoric acid groups is 2. The highest BCUT2D eigenvalue weighted by Gasteiger charge is 2.29. The maximum absolute atomic E-state index is 12.9. The highest BCUT2D eigenvalue weighted by molar-refractivity contribution is 7.47. The molecule has 0 amide bonds. The van der Waals surface area contributed by atoms with Crippen molar-refractivity contribution in [1.29, 1.82) is 0 Å². The molecule has 0 rings (SSSR count). The molecule has 0 saturated heterocycles. The Bertz CT molecular complexity index is 1870. The van der Waals surface area contributed by atoms with Gasteiger partial charge in [0.05, 0.1) is 26.4 Å². The van der Waals surface area contributed by atoms with Crippen LogP contribution in [0, 0.1) is 0 Å². The Morgan fingerprint density at radius 3 is 0.944 bits per heavy atom. The molecule has 5 unspecified atom stereocenters. The summed E-state index contributed by atoms with van der Waals surface area (Å²) in [5.41, 5.74) is 0. The van der Waals surface area contributed by atoms with Crippen molar-refractivity contribution in [3.05, 3.63) is 60.8 Å². The van der Waals surface area contributed by atoms with E-state index in [1.54, 1.807) is 0 Å². The lowest BCUT2D eigenvalue weighted by atomic mass is 10.0. The number of unbranched alkanes of at least 4 members (excludes halogenated alkanes) is 35. The molecule has 0 spiro atoms. The smallest absolute Gasteiger partial charge is 0.463 e. The zero-order valence-electron chi connectivity index (χ0n) is 56.4. The van der Waals surface area contributed by atoms with Gasteiger partial charge in [-0.3, -0.25) is 32.5 Å². The second kappa shape index (κ2) is 65.3. The van der Waals surface area contributed by atoms with Gasteiger partial charge in [-0.1, -0.05) is 293 Å². The Morgan fingerprint density at radius 2 is 0.596 bits per heavy atom. The highest BCUT2D eigenvalue weighted by Crippen LogP contribution is 2.45. The molecular weight excluding hydrogens is 1170 g/mol. The van der Waals surface area contributed by atoms with Gasteiger partial charge in [0.2, 0.25) is 0 Å². The van der Waals surface area contributed by atoms with E-state index < -0.39 is 91.5 Å². The number of aliphatic hydroxyl groups excluding tert-OH is 2. The van der Waals surface area contributed by atoms with Crippen molar-refractivity contribution in [2.45, 2.75) is 334 Å². The summed E-state index contributed by atoms with van der Waals surface area (Å²) in [6.07, 6.45) is 67.1. The predicted octanol–water partition coefficient (Wildman–Crippen LogP) is 19.8. The highest BCUT2D eigenvalue weighted by atomic mass is 31.2. The third kappa shape index (κ3) is 66.5. The van der Waals surface area contributed by atoms with Crippen molar-refractivity contribution in [3.8, 4) is 0 Å². The number of ether oxygens (including phenoxy) is 3. The number of rotatable bonds is 68. The Morgan fingerprint density at radius 1 is 0.326 bits per heavy atom. The molecule has 0 aliphatic heterocycles. The van der Waals surface area contributed by atoms with E-state index in [0.29, 0.717) is 19.3 Å². The van der Waals surface area contributed by atoms with Crippen molar-refractivity contribution in [1.82, 2.24) is 0 Å². The number of carbonyl (C=O) groups is 3. The lowest BCUT2D eigenvalue weighted by molar-refractivity contribution is -0.161. The molecule has 0 aromatic heterocycles. The van der Waals surface area contributed by atoms with Gasteiger partial charge in [0.25, 0.3) is 0 Å². The van der Waals surface area contributed by atoms with Crippen LogP contribution in [0.25, 0.3) is 0 Å². The zero-order valence-corrected chi connectivity index (χ0v) is 58.1. The molecule has 0 heterocycles. The topological polar surface area (TPSA) is 231 Å². The first-order valence-electron chi connectivity index (χ1n) is 35.6. The van der Waals surface area contributed by atoms with E-state index in [9.17, 15) is 43.5 Å². The fourth-order valence-corrected chi connectivity index (χ4v) is 11.4. The van der Waals surface area contributed by atoms with Gasteiger partial charge in [-0.2, -0.15) is 0 Å². The third-order valence-electron chi connectivity index (χ3n) is 15.3. The molecule has 0 aliphatic rings. The van der Waals surface area contributed by atoms with Crippen LogP contribution in [-0.4, -0.2) is 95.9 Å². The molecule has 89 heavy (non-hydrogen) atoms. The molecule has 18 heteroatoms. The first-order chi connectivity index (χ1) is 43.2. The zero-order chi connectivity index (χ0) is 65.3. The molecule has 0 aromatic rings. The second-order valence-electron chi connectivity index (χ2n) is 24.0. The fraction of sp³-hybridized carbons (Fsp3) is 0.817. The van der Waals surface area contributed by atoms with E-state index in [2.05, 4.69) is 81.5 Å². The molecule has 0 aromatic carbocycles. The third-order valence-corrected chi connectivity index (χ3v) is 17.2. The van der Waals surface area contributed by atoms with E-state index in [4.69, 9.17) is 32.3 Å². The maximum Gasteiger partial charge on any atom is 0.472 e. The largest absolute Gasteiger partial charge is 0.472 e. The SMILES string of the molecule is CC/C=C\C/C=C\C/C=C\C/C=C\C/C=C\CCCCCCCCCCCCCC(=O)OCC(O)COP(=O)(O)OCC(O)COP(=O)(O)OCC(COC(=O)CCCCCCCCCCCCCCC)OC(=O)CCCCCCCCCCCCCCC. The summed E-state index contributed by atoms with van der Waals surface area (Å²) in [5, 5.41) is 20.6. The molecule has 0 bridgehead atoms. The van der Waals surface area contributed by atoms with Gasteiger partial charge in [-0.05, 0) is 64.2 Å². The van der Waals surface area contributed by atoms with Gasteiger partial charge in [0.1, 0.15) is 25.4 Å². The van der Waals surface area contributed by atoms with Gasteiger partial charge in [-0.25, -0.2) is 9.13 Å². The molecule has 5 atom stereocenters. The van der Waals surface area contributed by atoms with Crippen LogP contribution in [0.1, 0.15) is 316 Å². The molecule has 0 fully saturated rings. The Labute approximate surface area is 541 Å². The van der Waals surface area contributed by atoms with Crippen molar-refractivity contribution in [2.75, 3.05) is 39.6 Å². The standard InChI is InChI=1S/C71H130O16P2/c1-4-7-10-13-16-19-22-25-26-27-28-29-30-31-32-33-34-35-36-37-38-41-43-45-48-51-54-57-69(74)81-60-66(72)61-83-88(77,78)84-62-67(73)63-85-89(79,80)86-65-68(87-71(76)59-56-53-50-47-44-40-24-21-18-15-12-9-6-3)64-82-70(75)58-55-52-49-46-42-39-23-20-17-14-11-8-5-2/h7,10,16,19,25-26,28-29,31-32,66-68,72-73H,4-6,8-9,11-15,17-18,20-24,27,30,33-65H2,1-3H3,(H,77,78)(H,79,80)/b10-7-,19-16-,26-25-,29-28-,32-31-. The minimum atomic E-state index is -4.91. The van der Waals surface area contributed by atoms with Crippen LogP contribution in [0.5, 0.6) is 0 Å². The number of aliphatic hydroxyl groups is 2. The monoisotopic (exact) mass is 1300 g/mol. The minimum absolute atomic E-state index is 0.113. The predicted molar refractivity (Wildman–Crippen MR) is 362 cm³/mol. The summed E-state index contributed by atoms with van der Waals surface area (Å²) in [6, 6.07) is 0. The average molecular weight is 1300 g/mol. The summed E-state index contributed by atoms with van der Waals surface area (Å²) in [5.74, 6) is -1.56. The Hall–Kier alpha value is -2.75. The van der Waals surface area contributed by atoms with Crippen LogP contribution in [0.3, 0.4) is 0 Å². The van der Waals surface area contributed by atoms with Crippen LogP contribution in [0.15, 0.2) is 60.8 Å². The lowest BCUT2D eigenvalue weighted by Crippen LogP contribution is -2.30. The second-order valence-corrected chi connectivity index (χ2v) is 26.9. The first kappa shape index (κ1) is 86.2. The first-order valence-corrected chi connectivity index (χ1v) is 38.6. The fourth-order valence-electron chi connectivity index (χ4n) is 9.83. The number of allylic oxidation sites excluding steroid dienone is 10. The van der Waals surface area contributed by atoms with E-state index in [1.165, 1.54) is 154 Å². The maximum atomic E-state index is 12.9. The summed E-state index contributed by atoms with van der Waals surface area (Å²) >= 11 is 0. The summed E-state index contributed by atoms with van der Waals surface area (Å²) < 4.78 is 60.9. The molecule has 0 aliphatic carbocycles.